The Morgan fingerprint density at radius 2 is 1.71 bits per heavy atom. The van der Waals surface area contributed by atoms with Gasteiger partial charge in [0, 0.05) is 10.4 Å². The number of methoxy groups -OCH3 is 1. The third-order valence-electron chi connectivity index (χ3n) is 3.69. The molecular formula is C18H16ClNO. The molecule has 3 aromatic carbocycles. The van der Waals surface area contributed by atoms with Gasteiger partial charge < -0.3 is 10.5 Å². The summed E-state index contributed by atoms with van der Waals surface area (Å²) in [5, 5.41) is 2.85. The van der Waals surface area contributed by atoms with Gasteiger partial charge in [0.05, 0.1) is 13.2 Å². The van der Waals surface area contributed by atoms with E-state index in [1.54, 1.807) is 7.11 Å². The van der Waals surface area contributed by atoms with E-state index in [1.807, 2.05) is 54.6 Å². The normalized spacial score (nSPS) is 12.3. The maximum absolute atomic E-state index is 6.46. The Bertz CT molecular complexity index is 785. The van der Waals surface area contributed by atoms with Gasteiger partial charge in [0.15, 0.2) is 0 Å². The first-order chi connectivity index (χ1) is 10.2. The molecule has 1 atom stereocenters. The predicted molar refractivity (Wildman–Crippen MR) is 88.0 cm³/mol. The summed E-state index contributed by atoms with van der Waals surface area (Å²) in [5.74, 6) is 0.807. The molecular weight excluding hydrogens is 282 g/mol. The molecule has 1 unspecified atom stereocenters. The number of ether oxygens (including phenoxy) is 1. The molecule has 3 rings (SSSR count). The molecule has 106 valence electrons. The number of halogens is 1. The Morgan fingerprint density at radius 3 is 2.48 bits per heavy atom. The van der Waals surface area contributed by atoms with E-state index in [9.17, 15) is 0 Å². The number of hydrogen-bond acceptors (Lipinski definition) is 2. The van der Waals surface area contributed by atoms with Crippen LogP contribution < -0.4 is 10.5 Å². The molecule has 0 radical (unpaired) electrons. The van der Waals surface area contributed by atoms with Crippen LogP contribution in [0.25, 0.3) is 10.8 Å². The molecule has 3 aromatic rings. The second-order valence-electron chi connectivity index (χ2n) is 4.94. The maximum atomic E-state index is 6.46. The highest BCUT2D eigenvalue weighted by Crippen LogP contribution is 2.32. The van der Waals surface area contributed by atoms with Crippen molar-refractivity contribution in [2.75, 3.05) is 7.11 Å². The van der Waals surface area contributed by atoms with Crippen LogP contribution in [0.4, 0.5) is 0 Å². The van der Waals surface area contributed by atoms with Gasteiger partial charge in [-0.25, -0.2) is 0 Å². The zero-order valence-electron chi connectivity index (χ0n) is 11.7. The minimum Gasteiger partial charge on any atom is -0.497 e. The van der Waals surface area contributed by atoms with Crippen LogP contribution in [-0.4, -0.2) is 7.11 Å². The smallest absolute Gasteiger partial charge is 0.119 e. The van der Waals surface area contributed by atoms with Crippen LogP contribution in [0.15, 0.2) is 60.7 Å². The van der Waals surface area contributed by atoms with Crippen molar-refractivity contribution >= 4 is 22.4 Å². The van der Waals surface area contributed by atoms with Gasteiger partial charge >= 0.3 is 0 Å². The molecule has 2 nitrogen and oxygen atoms in total. The Hall–Kier alpha value is -2.03. The highest BCUT2D eigenvalue weighted by atomic mass is 35.5. The molecule has 3 heteroatoms. The van der Waals surface area contributed by atoms with Crippen LogP contribution in [-0.2, 0) is 0 Å². The molecule has 0 amide bonds. The Kier molecular flexibility index (Phi) is 3.82. The van der Waals surface area contributed by atoms with Crippen LogP contribution in [0.3, 0.4) is 0 Å². The zero-order valence-corrected chi connectivity index (χ0v) is 12.5. The lowest BCUT2D eigenvalue weighted by Crippen LogP contribution is -2.12. The van der Waals surface area contributed by atoms with Crippen molar-refractivity contribution in [3.8, 4) is 5.75 Å². The minimum atomic E-state index is -0.220. The van der Waals surface area contributed by atoms with Gasteiger partial charge in [-0.05, 0) is 34.7 Å². The SMILES string of the molecule is COc1cccc(C(N)c2ccc(Cl)c3ccccc23)c1. The quantitative estimate of drug-likeness (QED) is 0.770. The molecule has 0 fully saturated rings. The monoisotopic (exact) mass is 297 g/mol. The average molecular weight is 298 g/mol. The lowest BCUT2D eigenvalue weighted by Gasteiger charge is -2.16. The highest BCUT2D eigenvalue weighted by molar-refractivity contribution is 6.35. The fourth-order valence-corrected chi connectivity index (χ4v) is 2.80. The second kappa shape index (κ2) is 5.76. The molecule has 0 heterocycles. The molecule has 21 heavy (non-hydrogen) atoms. The number of rotatable bonds is 3. The van der Waals surface area contributed by atoms with Gasteiger partial charge in [-0.15, -0.1) is 0 Å². The molecule has 0 bridgehead atoms. The first kappa shape index (κ1) is 13.9. The van der Waals surface area contributed by atoms with E-state index in [4.69, 9.17) is 22.1 Å². The second-order valence-corrected chi connectivity index (χ2v) is 5.34. The number of nitrogens with two attached hydrogens (primary N) is 1. The summed E-state index contributed by atoms with van der Waals surface area (Å²) >= 11 is 6.27. The third-order valence-corrected chi connectivity index (χ3v) is 4.02. The van der Waals surface area contributed by atoms with Crippen LogP contribution in [0.1, 0.15) is 17.2 Å². The highest BCUT2D eigenvalue weighted by Gasteiger charge is 2.14. The van der Waals surface area contributed by atoms with E-state index in [1.165, 1.54) is 0 Å². The van der Waals surface area contributed by atoms with Crippen molar-refractivity contribution in [1.29, 1.82) is 0 Å². The summed E-state index contributed by atoms with van der Waals surface area (Å²) in [6.45, 7) is 0. The van der Waals surface area contributed by atoms with Gasteiger partial charge in [-0.3, -0.25) is 0 Å². The van der Waals surface area contributed by atoms with Gasteiger partial charge in [0.2, 0.25) is 0 Å². The van der Waals surface area contributed by atoms with Crippen LogP contribution in [0.2, 0.25) is 5.02 Å². The topological polar surface area (TPSA) is 35.2 Å². The summed E-state index contributed by atoms with van der Waals surface area (Å²) in [7, 11) is 1.66. The van der Waals surface area contributed by atoms with E-state index < -0.39 is 0 Å². The van der Waals surface area contributed by atoms with E-state index in [0.29, 0.717) is 0 Å². The Labute approximate surface area is 129 Å². The standard InChI is InChI=1S/C18H16ClNO/c1-21-13-6-4-5-12(11-13)18(20)16-9-10-17(19)15-8-3-2-7-14(15)16/h2-11,18H,20H2,1H3. The maximum Gasteiger partial charge on any atom is 0.119 e. The first-order valence-corrected chi connectivity index (χ1v) is 7.15. The molecule has 0 spiro atoms. The summed E-state index contributed by atoms with van der Waals surface area (Å²) < 4.78 is 5.27. The Morgan fingerprint density at radius 1 is 0.952 bits per heavy atom. The predicted octanol–water partition coefficient (Wildman–Crippen LogP) is 4.55. The zero-order chi connectivity index (χ0) is 14.8. The van der Waals surface area contributed by atoms with Crippen molar-refractivity contribution in [3.63, 3.8) is 0 Å². The summed E-state index contributed by atoms with van der Waals surface area (Å²) in [6, 6.07) is 19.6. The van der Waals surface area contributed by atoms with E-state index in [-0.39, 0.29) is 6.04 Å². The third kappa shape index (κ3) is 2.60. The molecule has 2 N–H and O–H groups in total. The summed E-state index contributed by atoms with van der Waals surface area (Å²) in [4.78, 5) is 0. The lowest BCUT2D eigenvalue weighted by molar-refractivity contribution is 0.414. The van der Waals surface area contributed by atoms with E-state index in [0.717, 1.165) is 32.7 Å². The summed E-state index contributed by atoms with van der Waals surface area (Å²) in [5.41, 5.74) is 8.53. The lowest BCUT2D eigenvalue weighted by atomic mass is 9.94. The van der Waals surface area contributed by atoms with Gasteiger partial charge in [0.25, 0.3) is 0 Å². The molecule has 0 aliphatic carbocycles. The number of fused-ring (bicyclic) bond motifs is 1. The van der Waals surface area contributed by atoms with Crippen molar-refractivity contribution < 1.29 is 4.74 Å². The van der Waals surface area contributed by atoms with Crippen molar-refractivity contribution in [2.45, 2.75) is 6.04 Å². The van der Waals surface area contributed by atoms with Crippen LogP contribution in [0.5, 0.6) is 5.75 Å². The largest absolute Gasteiger partial charge is 0.497 e. The van der Waals surface area contributed by atoms with Crippen molar-refractivity contribution in [1.82, 2.24) is 0 Å². The van der Waals surface area contributed by atoms with Crippen molar-refractivity contribution in [3.05, 3.63) is 76.8 Å². The molecule has 0 aromatic heterocycles. The van der Waals surface area contributed by atoms with E-state index >= 15 is 0 Å². The Balaban J connectivity index is 2.13. The van der Waals surface area contributed by atoms with E-state index in [2.05, 4.69) is 6.07 Å². The number of benzene rings is 3. The molecule has 0 aliphatic rings. The minimum absolute atomic E-state index is 0.220. The average Bonchev–Trinajstić information content (AvgIpc) is 2.55. The van der Waals surface area contributed by atoms with Crippen LogP contribution >= 0.6 is 11.6 Å². The molecule has 0 saturated carbocycles. The fourth-order valence-electron chi connectivity index (χ4n) is 2.57. The molecule has 0 aliphatic heterocycles. The van der Waals surface area contributed by atoms with Crippen molar-refractivity contribution in [2.24, 2.45) is 5.73 Å². The van der Waals surface area contributed by atoms with Gasteiger partial charge in [-0.2, -0.15) is 0 Å². The van der Waals surface area contributed by atoms with Crippen LogP contribution in [0, 0.1) is 0 Å². The van der Waals surface area contributed by atoms with Gasteiger partial charge in [0.1, 0.15) is 5.75 Å². The number of hydrogen-bond donors (Lipinski definition) is 1. The molecule has 0 saturated heterocycles. The summed E-state index contributed by atoms with van der Waals surface area (Å²) in [6.07, 6.45) is 0. The fraction of sp³-hybridized carbons (Fsp3) is 0.111. The first-order valence-electron chi connectivity index (χ1n) is 6.77. The van der Waals surface area contributed by atoms with Gasteiger partial charge in [-0.1, -0.05) is 54.1 Å².